The van der Waals surface area contributed by atoms with Crippen molar-refractivity contribution in [3.63, 3.8) is 0 Å². The van der Waals surface area contributed by atoms with Gasteiger partial charge in [0.05, 0.1) is 72.7 Å². The summed E-state index contributed by atoms with van der Waals surface area (Å²) in [6, 6.07) is 15.8. The second kappa shape index (κ2) is 27.3. The molecule has 2 saturated heterocycles. The summed E-state index contributed by atoms with van der Waals surface area (Å²) in [5.74, 6) is -3.25. The van der Waals surface area contributed by atoms with Crippen molar-refractivity contribution in [1.82, 2.24) is 9.80 Å². The Morgan fingerprint density at radius 1 is 0.476 bits per heavy atom. The molecule has 2 amide bonds. The number of ether oxygens (including phenoxy) is 4. The molecule has 2 aliphatic heterocycles. The Morgan fingerprint density at radius 3 is 1.11 bits per heavy atom. The average molecular weight is 1210 g/mol. The predicted octanol–water partition coefficient (Wildman–Crippen LogP) is 13.5. The van der Waals surface area contributed by atoms with Gasteiger partial charge in [-0.15, -0.1) is 0 Å². The van der Waals surface area contributed by atoms with Crippen molar-refractivity contribution in [2.75, 3.05) is 52.6 Å². The van der Waals surface area contributed by atoms with Gasteiger partial charge in [-0.1, -0.05) is 47.8 Å². The minimum absolute atomic E-state index is 0.227. The van der Waals surface area contributed by atoms with Crippen LogP contribution in [0.2, 0.25) is 0 Å². The van der Waals surface area contributed by atoms with Gasteiger partial charge in [-0.25, -0.2) is 0 Å². The number of hydrogen-bond donors (Lipinski definition) is 2. The number of morpholine rings is 2. The number of carbonyl (C=O) groups excluding carboxylic acids is 2. The summed E-state index contributed by atoms with van der Waals surface area (Å²) in [5, 5.41) is 18.3. The molecule has 4 fully saturated rings. The quantitative estimate of drug-likeness (QED) is 0.0913. The monoisotopic (exact) mass is 1210 g/mol. The van der Waals surface area contributed by atoms with Gasteiger partial charge in [0.1, 0.15) is 11.5 Å². The number of amides is 2. The van der Waals surface area contributed by atoms with Crippen molar-refractivity contribution in [2.24, 2.45) is 11.8 Å². The van der Waals surface area contributed by atoms with E-state index in [9.17, 15) is 71.9 Å². The predicted molar refractivity (Wildman–Crippen MR) is 275 cm³/mol. The third-order valence-electron chi connectivity index (χ3n) is 13.7. The van der Waals surface area contributed by atoms with E-state index < -0.39 is 103 Å². The lowest BCUT2D eigenvalue weighted by atomic mass is 9.87. The largest absolute Gasteiger partial charge is 0.490 e. The van der Waals surface area contributed by atoms with Crippen molar-refractivity contribution < 1.29 is 101 Å². The number of alkyl halides is 12. The van der Waals surface area contributed by atoms with Crippen LogP contribution in [0.3, 0.4) is 0 Å². The molecular formula is C56H54F12N2O10S2. The number of hydrogen-bond acceptors (Lipinski definition) is 10. The van der Waals surface area contributed by atoms with Gasteiger partial charge in [0, 0.05) is 57.9 Å². The molecule has 2 saturated carbocycles. The van der Waals surface area contributed by atoms with Gasteiger partial charge in [-0.05, 0) is 123 Å². The number of carbonyl (C=O) groups is 4. The Morgan fingerprint density at radius 2 is 0.805 bits per heavy atom. The number of rotatable bonds is 14. The summed E-state index contributed by atoms with van der Waals surface area (Å²) in [5.41, 5.74) is -8.97. The van der Waals surface area contributed by atoms with Crippen LogP contribution in [-0.4, -0.2) is 109 Å². The summed E-state index contributed by atoms with van der Waals surface area (Å²) in [6.07, 6.45) is -15.1. The van der Waals surface area contributed by atoms with E-state index in [-0.39, 0.29) is 74.6 Å². The molecule has 12 nitrogen and oxygen atoms in total. The van der Waals surface area contributed by atoms with Crippen molar-refractivity contribution in [2.45, 2.75) is 108 Å². The van der Waals surface area contributed by atoms with Gasteiger partial charge in [0.25, 0.3) is 0 Å². The maximum Gasteiger partial charge on any atom is 0.418 e. The van der Waals surface area contributed by atoms with E-state index >= 15 is 0 Å². The second-order valence-corrected chi connectivity index (χ2v) is 21.6. The van der Waals surface area contributed by atoms with Crippen LogP contribution < -0.4 is 9.47 Å². The SMILES string of the molecule is O=C(O)C1CCC(Oc2cccc(Sc3ccc(/C=C/C(=O)N4CCOCC4)c(C(F)(F)F)c3C(F)(F)F)c2)CC1.O=C(O)C1CCC(Oc2cccc(Sc3ccc(/C=C/C(=O)N4CCOCC4)c(C(F)(F)F)c3C(F)(F)F)c2)CC1. The number of benzene rings is 4. The summed E-state index contributed by atoms with van der Waals surface area (Å²) < 4.78 is 192. The van der Waals surface area contributed by atoms with Crippen LogP contribution in [0, 0.1) is 11.8 Å². The first-order chi connectivity index (χ1) is 38.6. The highest BCUT2D eigenvalue weighted by atomic mass is 32.2. The van der Waals surface area contributed by atoms with Crippen LogP contribution in [-0.2, 0) is 53.4 Å². The maximum atomic E-state index is 14.2. The van der Waals surface area contributed by atoms with Crippen LogP contribution in [0.25, 0.3) is 12.2 Å². The minimum Gasteiger partial charge on any atom is -0.490 e. The Kier molecular flexibility index (Phi) is 21.1. The zero-order valence-electron chi connectivity index (χ0n) is 43.3. The van der Waals surface area contributed by atoms with E-state index in [0.717, 1.165) is 48.6 Å². The Bertz CT molecular complexity index is 2760. The average Bonchev–Trinajstić information content (AvgIpc) is 3.47. The number of halogens is 12. The Hall–Kier alpha value is -6.38. The minimum atomic E-state index is -5.36. The molecule has 444 valence electrons. The first kappa shape index (κ1) is 63.2. The molecular weight excluding hydrogens is 1150 g/mol. The zero-order chi connectivity index (χ0) is 59.6. The molecule has 4 aromatic rings. The van der Waals surface area contributed by atoms with Gasteiger partial charge in [0.15, 0.2) is 0 Å². The zero-order valence-corrected chi connectivity index (χ0v) is 44.9. The molecule has 0 unspecified atom stereocenters. The molecule has 0 spiro atoms. The van der Waals surface area contributed by atoms with E-state index in [1.54, 1.807) is 12.1 Å². The molecule has 26 heteroatoms. The van der Waals surface area contributed by atoms with E-state index in [2.05, 4.69) is 0 Å². The fourth-order valence-electron chi connectivity index (χ4n) is 9.64. The molecule has 2 aliphatic carbocycles. The summed E-state index contributed by atoms with van der Waals surface area (Å²) in [6.45, 7) is 1.95. The van der Waals surface area contributed by atoms with Gasteiger partial charge in [0.2, 0.25) is 11.8 Å². The lowest BCUT2D eigenvalue weighted by Crippen LogP contribution is -2.39. The maximum absolute atomic E-state index is 14.2. The van der Waals surface area contributed by atoms with Crippen LogP contribution in [0.1, 0.15) is 84.7 Å². The fourth-order valence-corrected chi connectivity index (χ4v) is 11.7. The second-order valence-electron chi connectivity index (χ2n) is 19.4. The first-order valence-corrected chi connectivity index (χ1v) is 27.4. The number of aliphatic carboxylic acids is 2. The van der Waals surface area contributed by atoms with Crippen molar-refractivity contribution in [1.29, 1.82) is 0 Å². The summed E-state index contributed by atoms with van der Waals surface area (Å²) in [7, 11) is 0. The van der Waals surface area contributed by atoms with Crippen molar-refractivity contribution in [3.05, 3.63) is 118 Å². The van der Waals surface area contributed by atoms with E-state index in [1.165, 1.54) is 46.2 Å². The summed E-state index contributed by atoms with van der Waals surface area (Å²) in [4.78, 5) is 48.9. The lowest BCUT2D eigenvalue weighted by molar-refractivity contribution is -0.163. The highest BCUT2D eigenvalue weighted by Gasteiger charge is 2.48. The lowest BCUT2D eigenvalue weighted by Gasteiger charge is -2.27. The fraction of sp³-hybridized carbons (Fsp3) is 0.429. The standard InChI is InChI=1S/2C28H27F6NO5S/c2*29-27(30,31)24-17(7-11-23(36)35-12-14-39-15-13-35)6-10-22(25(24)28(32,33)34)41-21-3-1-2-20(16-21)40-19-8-4-18(5-9-19)26(37)38/h2*1-3,6-7,10-11,16,18-19H,4-5,8-9,12-15H2,(H,37,38)/b2*11-7+. The van der Waals surface area contributed by atoms with Crippen LogP contribution in [0.5, 0.6) is 11.5 Å². The third-order valence-corrected chi connectivity index (χ3v) is 15.8. The van der Waals surface area contributed by atoms with E-state index in [0.29, 0.717) is 86.4 Å². The molecule has 4 aliphatic rings. The number of nitrogens with zero attached hydrogens (tertiary/aromatic N) is 2. The molecule has 82 heavy (non-hydrogen) atoms. The Balaban J connectivity index is 0.000000236. The highest BCUT2D eigenvalue weighted by Crippen LogP contribution is 2.50. The van der Waals surface area contributed by atoms with Gasteiger partial charge >= 0.3 is 36.6 Å². The molecule has 2 N–H and O–H groups in total. The van der Waals surface area contributed by atoms with Crippen molar-refractivity contribution >= 4 is 59.4 Å². The normalized spacial score (nSPS) is 20.3. The molecule has 0 radical (unpaired) electrons. The van der Waals surface area contributed by atoms with E-state index in [1.807, 2.05) is 0 Å². The van der Waals surface area contributed by atoms with Gasteiger partial charge in [-0.2, -0.15) is 52.7 Å². The van der Waals surface area contributed by atoms with E-state index in [4.69, 9.17) is 29.2 Å². The molecule has 8 rings (SSSR count). The van der Waals surface area contributed by atoms with Crippen LogP contribution >= 0.6 is 23.5 Å². The topological polar surface area (TPSA) is 152 Å². The smallest absolute Gasteiger partial charge is 0.418 e. The number of carboxylic acid groups (broad SMARTS) is 2. The molecule has 0 bridgehead atoms. The Labute approximate surface area is 470 Å². The van der Waals surface area contributed by atoms with Crippen LogP contribution in [0.15, 0.2) is 105 Å². The highest BCUT2D eigenvalue weighted by molar-refractivity contribution is 7.99. The molecule has 4 aromatic carbocycles. The third kappa shape index (κ3) is 17.3. The first-order valence-electron chi connectivity index (χ1n) is 25.7. The van der Waals surface area contributed by atoms with Gasteiger partial charge < -0.3 is 39.0 Å². The summed E-state index contributed by atoms with van der Waals surface area (Å²) >= 11 is 1.03. The molecule has 0 atom stereocenters. The van der Waals surface area contributed by atoms with Crippen molar-refractivity contribution in [3.8, 4) is 11.5 Å². The molecule has 0 aromatic heterocycles. The molecule has 2 heterocycles. The van der Waals surface area contributed by atoms with Gasteiger partial charge in [-0.3, -0.25) is 19.2 Å². The number of carboxylic acids is 2. The van der Waals surface area contributed by atoms with Crippen LogP contribution in [0.4, 0.5) is 52.7 Å².